The number of carbonyl (C=O) groups is 2. The van der Waals surface area contributed by atoms with Crippen LogP contribution in [0.1, 0.15) is 35.8 Å². The topological polar surface area (TPSA) is 78.1 Å². The van der Waals surface area contributed by atoms with Gasteiger partial charge in [-0.3, -0.25) is 9.59 Å². The highest BCUT2D eigenvalue weighted by Gasteiger charge is 2.48. The first-order chi connectivity index (χ1) is 11.1. The van der Waals surface area contributed by atoms with E-state index in [-0.39, 0.29) is 36.6 Å². The van der Waals surface area contributed by atoms with Gasteiger partial charge in [0, 0.05) is 32.8 Å². The highest BCUT2D eigenvalue weighted by Crippen LogP contribution is 2.33. The van der Waals surface area contributed by atoms with Gasteiger partial charge in [-0.15, -0.1) is 0 Å². The Hall–Kier alpha value is -2.50. The molecule has 0 aliphatic carbocycles. The number of likely N-dealkylation sites (tertiary alicyclic amines) is 1. The van der Waals surface area contributed by atoms with Gasteiger partial charge in [0.15, 0.2) is 0 Å². The van der Waals surface area contributed by atoms with Gasteiger partial charge in [-0.25, -0.2) is 0 Å². The molecule has 0 bridgehead atoms. The molecule has 1 aliphatic rings. The Balaban J connectivity index is 2.32. The molecule has 0 spiro atoms. The molecule has 1 N–H and O–H groups in total. The minimum atomic E-state index is -4.56. The van der Waals surface area contributed by atoms with Crippen molar-refractivity contribution in [3.05, 3.63) is 23.5 Å². The van der Waals surface area contributed by atoms with E-state index in [9.17, 15) is 22.8 Å². The summed E-state index contributed by atoms with van der Waals surface area (Å²) in [6, 6.07) is 0.679. The number of amides is 2. The van der Waals surface area contributed by atoms with Gasteiger partial charge >= 0.3 is 6.18 Å². The van der Waals surface area contributed by atoms with Crippen LogP contribution in [0, 0.1) is 11.3 Å². The first kappa shape index (κ1) is 17.8. The van der Waals surface area contributed by atoms with Crippen molar-refractivity contribution in [3.63, 3.8) is 0 Å². The summed E-state index contributed by atoms with van der Waals surface area (Å²) >= 11 is 0. The third kappa shape index (κ3) is 3.69. The van der Waals surface area contributed by atoms with Gasteiger partial charge in [0.2, 0.25) is 5.91 Å². The van der Waals surface area contributed by atoms with Gasteiger partial charge in [0.1, 0.15) is 17.8 Å². The maximum atomic E-state index is 13.3. The molecule has 0 radical (unpaired) electrons. The molecule has 24 heavy (non-hydrogen) atoms. The lowest BCUT2D eigenvalue weighted by Gasteiger charge is -2.40. The van der Waals surface area contributed by atoms with Crippen molar-refractivity contribution >= 4 is 11.8 Å². The van der Waals surface area contributed by atoms with E-state index in [0.29, 0.717) is 0 Å². The maximum Gasteiger partial charge on any atom is 0.408 e. The molecule has 2 atom stereocenters. The predicted molar refractivity (Wildman–Crippen MR) is 77.8 cm³/mol. The van der Waals surface area contributed by atoms with E-state index in [2.05, 4.69) is 5.32 Å². The van der Waals surface area contributed by atoms with Crippen LogP contribution < -0.4 is 5.32 Å². The number of alkyl halides is 3. The second kappa shape index (κ2) is 6.55. The van der Waals surface area contributed by atoms with Crippen molar-refractivity contribution in [3.8, 4) is 6.07 Å². The molecule has 1 saturated heterocycles. The molecule has 1 aromatic rings. The summed E-state index contributed by atoms with van der Waals surface area (Å²) in [5, 5.41) is 11.4. The molecule has 0 aromatic carbocycles. The summed E-state index contributed by atoms with van der Waals surface area (Å²) in [5.74, 6) is -1.17. The molecule has 2 heterocycles. The molecule has 130 valence electrons. The Kier molecular flexibility index (Phi) is 4.87. The van der Waals surface area contributed by atoms with Crippen molar-refractivity contribution < 1.29 is 22.8 Å². The maximum absolute atomic E-state index is 13.3. The number of halogens is 3. The minimum absolute atomic E-state index is 0.00396. The van der Waals surface area contributed by atoms with Gasteiger partial charge in [-0.2, -0.15) is 18.4 Å². The number of hydrogen-bond donors (Lipinski definition) is 1. The summed E-state index contributed by atoms with van der Waals surface area (Å²) in [6.07, 6.45) is -3.31. The minimum Gasteiger partial charge on any atom is -0.352 e. The highest BCUT2D eigenvalue weighted by atomic mass is 19.4. The van der Waals surface area contributed by atoms with Gasteiger partial charge < -0.3 is 14.8 Å². The van der Waals surface area contributed by atoms with Crippen molar-refractivity contribution in [2.45, 2.75) is 38.0 Å². The van der Waals surface area contributed by atoms with Crippen molar-refractivity contribution in [1.82, 2.24) is 14.8 Å². The zero-order valence-corrected chi connectivity index (χ0v) is 13.2. The number of hydrogen-bond acceptors (Lipinski definition) is 3. The molecule has 0 unspecified atom stereocenters. The summed E-state index contributed by atoms with van der Waals surface area (Å²) in [6.45, 7) is 1.05. The Morgan fingerprint density at radius 2 is 2.04 bits per heavy atom. The smallest absolute Gasteiger partial charge is 0.352 e. The number of nitrogens with zero attached hydrogens (tertiary/aromatic N) is 3. The molecule has 0 saturated carbocycles. The van der Waals surface area contributed by atoms with Gasteiger partial charge in [0.25, 0.3) is 5.91 Å². The molecule has 1 aromatic heterocycles. The van der Waals surface area contributed by atoms with E-state index in [0.717, 1.165) is 4.90 Å². The summed E-state index contributed by atoms with van der Waals surface area (Å²) < 4.78 is 41.2. The number of rotatable bonds is 2. The van der Waals surface area contributed by atoms with E-state index in [1.165, 1.54) is 30.8 Å². The normalized spacial score (nSPS) is 21.2. The number of aromatic nitrogens is 1. The number of aryl methyl sites for hydroxylation is 1. The molecule has 9 heteroatoms. The molecule has 2 amide bonds. The van der Waals surface area contributed by atoms with Crippen LogP contribution in [0.5, 0.6) is 0 Å². The molecule has 2 rings (SSSR count). The fourth-order valence-electron chi connectivity index (χ4n) is 2.93. The molecule has 6 nitrogen and oxygen atoms in total. The Labute approximate surface area is 136 Å². The summed E-state index contributed by atoms with van der Waals surface area (Å²) in [7, 11) is 1.49. The SMILES string of the molecule is CC(=O)N[C@H]1CC[C@@H](C(F)(F)F)N(C(=O)c2cc(C#N)cn2C)C1. The summed E-state index contributed by atoms with van der Waals surface area (Å²) in [4.78, 5) is 24.5. The quantitative estimate of drug-likeness (QED) is 0.886. The zero-order valence-electron chi connectivity index (χ0n) is 13.2. The first-order valence-corrected chi connectivity index (χ1v) is 7.34. The molecular weight excluding hydrogens is 325 g/mol. The van der Waals surface area contributed by atoms with Crippen molar-refractivity contribution in [2.24, 2.45) is 7.05 Å². The van der Waals surface area contributed by atoms with Crippen LogP contribution in [0.2, 0.25) is 0 Å². The van der Waals surface area contributed by atoms with E-state index in [1.807, 2.05) is 6.07 Å². The number of nitriles is 1. The highest BCUT2D eigenvalue weighted by molar-refractivity contribution is 5.93. The van der Waals surface area contributed by atoms with Crippen LogP contribution in [0.15, 0.2) is 12.3 Å². The van der Waals surface area contributed by atoms with Crippen molar-refractivity contribution in [2.75, 3.05) is 6.54 Å². The lowest BCUT2D eigenvalue weighted by atomic mass is 9.97. The molecule has 1 fully saturated rings. The van der Waals surface area contributed by atoms with Gasteiger partial charge in [0.05, 0.1) is 5.56 Å². The van der Waals surface area contributed by atoms with Crippen LogP contribution in [0.4, 0.5) is 13.2 Å². The fourth-order valence-corrected chi connectivity index (χ4v) is 2.93. The Morgan fingerprint density at radius 1 is 1.38 bits per heavy atom. The lowest BCUT2D eigenvalue weighted by Crippen LogP contribution is -2.58. The second-order valence-corrected chi connectivity index (χ2v) is 5.83. The van der Waals surface area contributed by atoms with Crippen LogP contribution in [0.25, 0.3) is 0 Å². The van der Waals surface area contributed by atoms with E-state index < -0.39 is 24.2 Å². The van der Waals surface area contributed by atoms with Crippen molar-refractivity contribution in [1.29, 1.82) is 5.26 Å². The van der Waals surface area contributed by atoms with Crippen LogP contribution in [-0.2, 0) is 11.8 Å². The lowest BCUT2D eigenvalue weighted by molar-refractivity contribution is -0.184. The van der Waals surface area contributed by atoms with E-state index >= 15 is 0 Å². The van der Waals surface area contributed by atoms with E-state index in [4.69, 9.17) is 5.26 Å². The van der Waals surface area contributed by atoms with Gasteiger partial charge in [-0.1, -0.05) is 0 Å². The Bertz CT molecular complexity index is 690. The largest absolute Gasteiger partial charge is 0.408 e. The second-order valence-electron chi connectivity index (χ2n) is 5.83. The van der Waals surface area contributed by atoms with E-state index in [1.54, 1.807) is 0 Å². The molecule has 1 aliphatic heterocycles. The zero-order chi connectivity index (χ0) is 18.1. The van der Waals surface area contributed by atoms with Crippen LogP contribution >= 0.6 is 0 Å². The predicted octanol–water partition coefficient (Wildman–Crippen LogP) is 1.57. The average molecular weight is 342 g/mol. The third-order valence-electron chi connectivity index (χ3n) is 3.98. The average Bonchev–Trinajstić information content (AvgIpc) is 2.85. The number of carbonyl (C=O) groups excluding carboxylic acids is 2. The monoisotopic (exact) mass is 342 g/mol. The Morgan fingerprint density at radius 3 is 2.54 bits per heavy atom. The fraction of sp³-hybridized carbons (Fsp3) is 0.533. The number of piperidine rings is 1. The third-order valence-corrected chi connectivity index (χ3v) is 3.98. The first-order valence-electron chi connectivity index (χ1n) is 7.34. The summed E-state index contributed by atoms with van der Waals surface area (Å²) in [5.41, 5.74) is 0.198. The van der Waals surface area contributed by atoms with Crippen LogP contribution in [0.3, 0.4) is 0 Å². The standard InChI is InChI=1S/C15H17F3N4O2/c1-9(23)20-11-3-4-13(15(16,17)18)22(8-11)14(24)12-5-10(6-19)7-21(12)2/h5,7,11,13H,3-4,8H2,1-2H3,(H,20,23)/t11-,13-/m0/s1. The van der Waals surface area contributed by atoms with Gasteiger partial charge in [-0.05, 0) is 18.9 Å². The van der Waals surface area contributed by atoms with Crippen LogP contribution in [-0.4, -0.2) is 46.1 Å². The number of nitrogens with one attached hydrogen (secondary N) is 1. The molecular formula is C15H17F3N4O2.